The van der Waals surface area contributed by atoms with Gasteiger partial charge in [0, 0.05) is 39.1 Å². The summed E-state index contributed by atoms with van der Waals surface area (Å²) in [5, 5.41) is 0. The van der Waals surface area contributed by atoms with Crippen LogP contribution in [0.2, 0.25) is 0 Å². The molecule has 0 spiro atoms. The van der Waals surface area contributed by atoms with Gasteiger partial charge in [-0.2, -0.15) is 0 Å². The first-order chi connectivity index (χ1) is 11.1. The highest BCUT2D eigenvalue weighted by atomic mass is 19.1. The second kappa shape index (κ2) is 6.66. The maximum atomic E-state index is 13.9. The first kappa shape index (κ1) is 15.9. The number of carbonyl (C=O) groups excluding carboxylic acids is 2. The highest BCUT2D eigenvalue weighted by Gasteiger charge is 2.38. The lowest BCUT2D eigenvalue weighted by atomic mass is 10.1. The first-order valence-electron chi connectivity index (χ1n) is 8.19. The molecule has 3 rings (SSSR count). The molecule has 0 N–H and O–H groups in total. The molecule has 0 aromatic heterocycles. The summed E-state index contributed by atoms with van der Waals surface area (Å²) >= 11 is 0. The highest BCUT2D eigenvalue weighted by Crippen LogP contribution is 2.27. The van der Waals surface area contributed by atoms with Crippen LogP contribution in [0.5, 0.6) is 0 Å². The molecule has 6 heteroatoms. The van der Waals surface area contributed by atoms with Crippen molar-refractivity contribution >= 4 is 17.5 Å². The van der Waals surface area contributed by atoms with Gasteiger partial charge in [-0.3, -0.25) is 14.5 Å². The minimum Gasteiger partial charge on any atom is -0.340 e. The second-order valence-corrected chi connectivity index (χ2v) is 6.02. The number of rotatable bonds is 3. The lowest BCUT2D eigenvalue weighted by Gasteiger charge is -2.37. The van der Waals surface area contributed by atoms with Crippen molar-refractivity contribution in [2.24, 2.45) is 0 Å². The van der Waals surface area contributed by atoms with Gasteiger partial charge in [-0.25, -0.2) is 4.39 Å². The predicted molar refractivity (Wildman–Crippen MR) is 85.6 cm³/mol. The summed E-state index contributed by atoms with van der Waals surface area (Å²) in [6.07, 6.45) is 1.22. The Hall–Kier alpha value is -1.95. The highest BCUT2D eigenvalue weighted by molar-refractivity contribution is 5.99. The molecule has 1 atom stereocenters. The van der Waals surface area contributed by atoms with Gasteiger partial charge in [0.05, 0.1) is 11.7 Å². The van der Waals surface area contributed by atoms with Crippen LogP contribution in [0.3, 0.4) is 0 Å². The molecule has 0 saturated carbocycles. The lowest BCUT2D eigenvalue weighted by molar-refractivity contribution is -0.133. The van der Waals surface area contributed by atoms with Gasteiger partial charge >= 0.3 is 0 Å². The summed E-state index contributed by atoms with van der Waals surface area (Å²) in [7, 11) is 0. The molecule has 2 aliphatic heterocycles. The van der Waals surface area contributed by atoms with Crippen molar-refractivity contribution in [3.05, 3.63) is 30.1 Å². The van der Waals surface area contributed by atoms with E-state index in [2.05, 4.69) is 4.90 Å². The van der Waals surface area contributed by atoms with E-state index in [1.165, 1.54) is 6.07 Å². The molecular weight excluding hydrogens is 297 g/mol. The molecule has 1 aromatic rings. The number of hydrogen-bond acceptors (Lipinski definition) is 3. The Bertz CT molecular complexity index is 599. The zero-order valence-corrected chi connectivity index (χ0v) is 13.4. The number of nitrogens with zero attached hydrogens (tertiary/aromatic N) is 3. The minimum absolute atomic E-state index is 0.0367. The van der Waals surface area contributed by atoms with Crippen LogP contribution in [0, 0.1) is 5.82 Å². The molecular formula is C17H22FN3O2. The number of amides is 2. The maximum absolute atomic E-state index is 13.9. The Morgan fingerprint density at radius 1 is 1.17 bits per heavy atom. The van der Waals surface area contributed by atoms with Crippen LogP contribution in [0.15, 0.2) is 24.3 Å². The standard InChI is InChI=1S/C17H22FN3O2/c1-2-16(22)20-11-9-19(10-12-20)15-7-8-21(17(15)23)14-6-4-3-5-13(14)18/h3-6,15H,2,7-12H2,1H3. The zero-order valence-electron chi connectivity index (χ0n) is 13.4. The average Bonchev–Trinajstić information content (AvgIpc) is 2.96. The van der Waals surface area contributed by atoms with Crippen molar-refractivity contribution in [2.45, 2.75) is 25.8 Å². The number of hydrogen-bond donors (Lipinski definition) is 0. The molecule has 2 aliphatic rings. The van der Waals surface area contributed by atoms with Crippen LogP contribution >= 0.6 is 0 Å². The molecule has 2 amide bonds. The van der Waals surface area contributed by atoms with Gasteiger partial charge in [-0.05, 0) is 18.6 Å². The number of piperazine rings is 1. The third-order valence-corrected chi connectivity index (χ3v) is 4.73. The molecule has 1 unspecified atom stereocenters. The van der Waals surface area contributed by atoms with Gasteiger partial charge in [-0.1, -0.05) is 19.1 Å². The molecule has 2 heterocycles. The molecule has 2 fully saturated rings. The van der Waals surface area contributed by atoms with E-state index < -0.39 is 0 Å². The van der Waals surface area contributed by atoms with Crippen LogP contribution in [-0.4, -0.2) is 60.4 Å². The molecule has 1 aromatic carbocycles. The molecule has 0 aliphatic carbocycles. The van der Waals surface area contributed by atoms with Crippen molar-refractivity contribution in [3.8, 4) is 0 Å². The van der Waals surface area contributed by atoms with E-state index in [-0.39, 0.29) is 23.7 Å². The Balaban J connectivity index is 1.64. The van der Waals surface area contributed by atoms with Gasteiger partial charge in [0.25, 0.3) is 0 Å². The van der Waals surface area contributed by atoms with Gasteiger partial charge < -0.3 is 9.80 Å². The predicted octanol–water partition coefficient (Wildman–Crippen LogP) is 1.49. The molecule has 0 radical (unpaired) electrons. The van der Waals surface area contributed by atoms with Crippen LogP contribution in [-0.2, 0) is 9.59 Å². The monoisotopic (exact) mass is 319 g/mol. The number of halogens is 1. The third kappa shape index (κ3) is 3.08. The fourth-order valence-electron chi connectivity index (χ4n) is 3.42. The summed E-state index contributed by atoms with van der Waals surface area (Å²) < 4.78 is 13.9. The SMILES string of the molecule is CCC(=O)N1CCN(C2CCN(c3ccccc3F)C2=O)CC1. The van der Waals surface area contributed by atoms with E-state index in [4.69, 9.17) is 0 Å². The van der Waals surface area contributed by atoms with Crippen LogP contribution in [0.4, 0.5) is 10.1 Å². The zero-order chi connectivity index (χ0) is 16.4. The summed E-state index contributed by atoms with van der Waals surface area (Å²) in [6, 6.07) is 6.20. The summed E-state index contributed by atoms with van der Waals surface area (Å²) in [5.41, 5.74) is 0.361. The molecule has 23 heavy (non-hydrogen) atoms. The lowest BCUT2D eigenvalue weighted by Crippen LogP contribution is -2.53. The van der Waals surface area contributed by atoms with E-state index in [1.807, 2.05) is 11.8 Å². The quantitative estimate of drug-likeness (QED) is 0.848. The van der Waals surface area contributed by atoms with E-state index >= 15 is 0 Å². The minimum atomic E-state index is -0.361. The molecule has 124 valence electrons. The normalized spacial score (nSPS) is 22.7. The number of benzene rings is 1. The molecule has 0 bridgehead atoms. The Kier molecular flexibility index (Phi) is 4.61. The second-order valence-electron chi connectivity index (χ2n) is 6.02. The topological polar surface area (TPSA) is 43.9 Å². The number of para-hydroxylation sites is 1. The van der Waals surface area contributed by atoms with Crippen molar-refractivity contribution in [2.75, 3.05) is 37.6 Å². The third-order valence-electron chi connectivity index (χ3n) is 4.73. The summed E-state index contributed by atoms with van der Waals surface area (Å²) in [5.74, 6) is -0.236. The average molecular weight is 319 g/mol. The summed E-state index contributed by atoms with van der Waals surface area (Å²) in [4.78, 5) is 29.9. The fourth-order valence-corrected chi connectivity index (χ4v) is 3.42. The Morgan fingerprint density at radius 3 is 2.52 bits per heavy atom. The Morgan fingerprint density at radius 2 is 1.87 bits per heavy atom. The fraction of sp³-hybridized carbons (Fsp3) is 0.529. The van der Waals surface area contributed by atoms with Gasteiger partial charge in [0.2, 0.25) is 11.8 Å². The van der Waals surface area contributed by atoms with Gasteiger partial charge in [0.1, 0.15) is 5.82 Å². The maximum Gasteiger partial charge on any atom is 0.244 e. The van der Waals surface area contributed by atoms with E-state index in [9.17, 15) is 14.0 Å². The van der Waals surface area contributed by atoms with Crippen LogP contribution in [0.1, 0.15) is 19.8 Å². The number of carbonyl (C=O) groups is 2. The van der Waals surface area contributed by atoms with Crippen molar-refractivity contribution in [3.63, 3.8) is 0 Å². The Labute approximate surface area is 135 Å². The van der Waals surface area contributed by atoms with Crippen LogP contribution < -0.4 is 4.90 Å². The molecule has 5 nitrogen and oxygen atoms in total. The van der Waals surface area contributed by atoms with Gasteiger partial charge in [0.15, 0.2) is 0 Å². The van der Waals surface area contributed by atoms with Crippen LogP contribution in [0.25, 0.3) is 0 Å². The smallest absolute Gasteiger partial charge is 0.244 e. The van der Waals surface area contributed by atoms with Crippen molar-refractivity contribution < 1.29 is 14.0 Å². The largest absolute Gasteiger partial charge is 0.340 e. The summed E-state index contributed by atoms with van der Waals surface area (Å²) in [6.45, 7) is 5.13. The van der Waals surface area contributed by atoms with E-state index in [1.54, 1.807) is 23.1 Å². The molecule has 2 saturated heterocycles. The van der Waals surface area contributed by atoms with Crippen molar-refractivity contribution in [1.82, 2.24) is 9.80 Å². The first-order valence-corrected chi connectivity index (χ1v) is 8.19. The van der Waals surface area contributed by atoms with Gasteiger partial charge in [-0.15, -0.1) is 0 Å². The van der Waals surface area contributed by atoms with E-state index in [0.717, 1.165) is 0 Å². The van der Waals surface area contributed by atoms with E-state index in [0.29, 0.717) is 51.3 Å². The van der Waals surface area contributed by atoms with Crippen molar-refractivity contribution in [1.29, 1.82) is 0 Å². The number of anilines is 1.